The molecule has 2 aliphatic rings. The van der Waals surface area contributed by atoms with E-state index in [9.17, 15) is 18.8 Å². The zero-order chi connectivity index (χ0) is 22.4. The highest BCUT2D eigenvalue weighted by atomic mass is 19.1. The Morgan fingerprint density at radius 1 is 1.31 bits per heavy atom. The van der Waals surface area contributed by atoms with Crippen molar-refractivity contribution in [3.8, 4) is 5.75 Å². The number of hydrogen-bond donors (Lipinski definition) is 1. The van der Waals surface area contributed by atoms with Gasteiger partial charge >= 0.3 is 0 Å². The Kier molecular flexibility index (Phi) is 4.84. The van der Waals surface area contributed by atoms with E-state index in [-0.39, 0.29) is 29.5 Å². The lowest BCUT2D eigenvalue weighted by molar-refractivity contribution is -0.124. The third-order valence-corrected chi connectivity index (χ3v) is 5.90. The molecule has 0 bridgehead atoms. The third kappa shape index (κ3) is 3.28. The highest BCUT2D eigenvalue weighted by molar-refractivity contribution is 6.01. The first-order valence-electron chi connectivity index (χ1n) is 10.3. The van der Waals surface area contributed by atoms with Crippen molar-refractivity contribution in [3.63, 3.8) is 0 Å². The van der Waals surface area contributed by atoms with Gasteiger partial charge in [0.05, 0.1) is 10.9 Å². The summed E-state index contributed by atoms with van der Waals surface area (Å²) in [7, 11) is 1.45. The minimum Gasteiger partial charge on any atom is -0.470 e. The van der Waals surface area contributed by atoms with Crippen LogP contribution in [0.4, 0.5) is 4.39 Å². The van der Waals surface area contributed by atoms with Gasteiger partial charge in [0.25, 0.3) is 11.5 Å². The van der Waals surface area contributed by atoms with E-state index in [1.807, 2.05) is 0 Å². The molecule has 164 valence electrons. The van der Waals surface area contributed by atoms with Gasteiger partial charge in [0.15, 0.2) is 6.23 Å². The number of fused-ring (bicyclic) bond motifs is 3. The van der Waals surface area contributed by atoms with Crippen LogP contribution in [0.25, 0.3) is 10.9 Å². The molecular weight excluding hydrogens is 417 g/mol. The maximum atomic E-state index is 13.6. The van der Waals surface area contributed by atoms with E-state index >= 15 is 0 Å². The van der Waals surface area contributed by atoms with Crippen molar-refractivity contribution in [1.82, 2.24) is 25.2 Å². The van der Waals surface area contributed by atoms with Gasteiger partial charge in [0.2, 0.25) is 5.91 Å². The number of nitrogens with zero attached hydrogens (tertiary/aromatic N) is 4. The molecule has 3 heterocycles. The number of amides is 2. The fourth-order valence-corrected chi connectivity index (χ4v) is 4.29. The normalized spacial score (nSPS) is 18.1. The Hall–Kier alpha value is -3.82. The van der Waals surface area contributed by atoms with Crippen LogP contribution < -0.4 is 15.6 Å². The summed E-state index contributed by atoms with van der Waals surface area (Å²) in [5.41, 5.74) is 0.562. The molecule has 32 heavy (non-hydrogen) atoms. The number of ether oxygens (including phenoxy) is 1. The van der Waals surface area contributed by atoms with Crippen LogP contribution in [0.2, 0.25) is 0 Å². The van der Waals surface area contributed by atoms with Crippen molar-refractivity contribution in [2.75, 3.05) is 13.6 Å². The van der Waals surface area contributed by atoms with Crippen LogP contribution in [-0.2, 0) is 11.2 Å². The average molecular weight is 437 g/mol. The van der Waals surface area contributed by atoms with E-state index < -0.39 is 23.3 Å². The predicted octanol–water partition coefficient (Wildman–Crippen LogP) is 1.41. The topological polar surface area (TPSA) is 106 Å². The Labute approximate surface area is 181 Å². The molecule has 0 aliphatic carbocycles. The highest BCUT2D eigenvalue weighted by Gasteiger charge is 2.37. The van der Waals surface area contributed by atoms with Gasteiger partial charge in [0.1, 0.15) is 23.1 Å². The first-order valence-corrected chi connectivity index (χ1v) is 10.3. The lowest BCUT2D eigenvalue weighted by Crippen LogP contribution is -2.43. The van der Waals surface area contributed by atoms with Crippen molar-refractivity contribution in [2.45, 2.75) is 31.5 Å². The molecule has 2 aromatic carbocycles. The third-order valence-electron chi connectivity index (χ3n) is 5.90. The van der Waals surface area contributed by atoms with Crippen molar-refractivity contribution in [3.05, 3.63) is 63.7 Å². The van der Waals surface area contributed by atoms with Crippen LogP contribution in [0.5, 0.6) is 5.75 Å². The van der Waals surface area contributed by atoms with Crippen molar-refractivity contribution < 1.29 is 18.7 Å². The van der Waals surface area contributed by atoms with E-state index in [1.54, 1.807) is 11.0 Å². The SMILES string of the molecule is CNC(=O)[C@H](Cc1cccc(F)c1)n1nnc2cc3c(cc2c1=O)O[C@H]1CCCN1C3=O. The van der Waals surface area contributed by atoms with Gasteiger partial charge in [-0.05, 0) is 36.2 Å². The number of carbonyl (C=O) groups excluding carboxylic acids is 2. The van der Waals surface area contributed by atoms with Crippen LogP contribution in [-0.4, -0.2) is 51.5 Å². The zero-order valence-electron chi connectivity index (χ0n) is 17.2. The monoisotopic (exact) mass is 437 g/mol. The summed E-state index contributed by atoms with van der Waals surface area (Å²) in [6, 6.07) is 7.77. The van der Waals surface area contributed by atoms with Gasteiger partial charge in [0, 0.05) is 26.4 Å². The number of carbonyl (C=O) groups is 2. The molecule has 10 heteroatoms. The first kappa shape index (κ1) is 20.1. The lowest BCUT2D eigenvalue weighted by Gasteiger charge is -2.31. The molecule has 1 saturated heterocycles. The van der Waals surface area contributed by atoms with E-state index in [0.717, 1.165) is 17.5 Å². The molecule has 9 nitrogen and oxygen atoms in total. The Balaban J connectivity index is 1.59. The predicted molar refractivity (Wildman–Crippen MR) is 112 cm³/mol. The van der Waals surface area contributed by atoms with Gasteiger partial charge in [-0.15, -0.1) is 5.10 Å². The fraction of sp³-hybridized carbons (Fsp3) is 0.318. The summed E-state index contributed by atoms with van der Waals surface area (Å²) in [6.07, 6.45) is 1.30. The van der Waals surface area contributed by atoms with Crippen LogP contribution in [0, 0.1) is 5.82 Å². The number of rotatable bonds is 4. The minimum absolute atomic E-state index is 0.0501. The molecule has 0 saturated carbocycles. The molecule has 2 atom stereocenters. The van der Waals surface area contributed by atoms with Gasteiger partial charge in [-0.2, -0.15) is 4.68 Å². The molecule has 0 radical (unpaired) electrons. The van der Waals surface area contributed by atoms with Crippen LogP contribution in [0.3, 0.4) is 0 Å². The fourth-order valence-electron chi connectivity index (χ4n) is 4.29. The highest BCUT2D eigenvalue weighted by Crippen LogP contribution is 2.34. The summed E-state index contributed by atoms with van der Waals surface area (Å²) >= 11 is 0. The van der Waals surface area contributed by atoms with Gasteiger partial charge < -0.3 is 15.0 Å². The summed E-state index contributed by atoms with van der Waals surface area (Å²) in [4.78, 5) is 40.3. The molecular formula is C22H20FN5O4. The summed E-state index contributed by atoms with van der Waals surface area (Å²) in [5.74, 6) is -0.736. The Bertz CT molecular complexity index is 1310. The maximum absolute atomic E-state index is 13.6. The number of halogens is 1. The number of hydrogen-bond acceptors (Lipinski definition) is 6. The van der Waals surface area contributed by atoms with E-state index in [1.165, 1.54) is 37.4 Å². The van der Waals surface area contributed by atoms with Crippen molar-refractivity contribution in [1.29, 1.82) is 0 Å². The second-order valence-electron chi connectivity index (χ2n) is 7.88. The van der Waals surface area contributed by atoms with Crippen molar-refractivity contribution >= 4 is 22.7 Å². The summed E-state index contributed by atoms with van der Waals surface area (Å²) < 4.78 is 20.6. The molecule has 1 aromatic heterocycles. The molecule has 0 unspecified atom stereocenters. The summed E-state index contributed by atoms with van der Waals surface area (Å²) in [5, 5.41) is 10.8. The van der Waals surface area contributed by atoms with Crippen LogP contribution in [0.15, 0.2) is 41.2 Å². The van der Waals surface area contributed by atoms with Crippen LogP contribution >= 0.6 is 0 Å². The number of likely N-dealkylation sites (N-methyl/N-ethyl adjacent to an activating group) is 1. The molecule has 0 spiro atoms. The minimum atomic E-state index is -1.03. The Morgan fingerprint density at radius 3 is 2.94 bits per heavy atom. The molecule has 1 fully saturated rings. The Morgan fingerprint density at radius 2 is 2.16 bits per heavy atom. The van der Waals surface area contributed by atoms with Gasteiger partial charge in [-0.25, -0.2) is 4.39 Å². The van der Waals surface area contributed by atoms with E-state index in [0.29, 0.717) is 23.4 Å². The molecule has 1 N–H and O–H groups in total. The lowest BCUT2D eigenvalue weighted by atomic mass is 10.0. The second kappa shape index (κ2) is 7.70. The second-order valence-corrected chi connectivity index (χ2v) is 7.88. The van der Waals surface area contributed by atoms with Gasteiger partial charge in [-0.1, -0.05) is 17.3 Å². The molecule has 2 amide bonds. The molecule has 3 aromatic rings. The van der Waals surface area contributed by atoms with Crippen LogP contribution in [0.1, 0.15) is 34.8 Å². The van der Waals surface area contributed by atoms with E-state index in [4.69, 9.17) is 4.74 Å². The zero-order valence-corrected chi connectivity index (χ0v) is 17.2. The quantitative estimate of drug-likeness (QED) is 0.662. The smallest absolute Gasteiger partial charge is 0.278 e. The average Bonchev–Trinajstić information content (AvgIpc) is 3.26. The molecule has 2 aliphatic heterocycles. The maximum Gasteiger partial charge on any atom is 0.278 e. The van der Waals surface area contributed by atoms with E-state index in [2.05, 4.69) is 15.6 Å². The number of benzene rings is 2. The number of aromatic nitrogens is 3. The molecule has 5 rings (SSSR count). The standard InChI is InChI=1S/C22H20FN5O4/c1-24-20(29)17(9-12-4-2-5-13(23)8-12)28-22(31)14-11-18-15(10-16(14)25-26-28)21(30)27-7-3-6-19(27)32-18/h2,4-5,8,10-11,17,19H,3,6-7,9H2,1H3,(H,24,29)/t17-,19-/m0/s1. The largest absolute Gasteiger partial charge is 0.470 e. The first-order chi connectivity index (χ1) is 15.5. The van der Waals surface area contributed by atoms with Gasteiger partial charge in [-0.3, -0.25) is 14.4 Å². The van der Waals surface area contributed by atoms with Crippen molar-refractivity contribution in [2.24, 2.45) is 0 Å². The number of nitrogens with one attached hydrogen (secondary N) is 1. The summed E-state index contributed by atoms with van der Waals surface area (Å²) in [6.45, 7) is 0.627.